The number of carbonyl (C=O) groups excluding carboxylic acids is 1. The SMILES string of the molecule is COc1ccc(C(CNC(=O)C[C@@H]2CCC[C@H]2N)N2CCCCC2)cc1. The second-order valence-electron chi connectivity index (χ2n) is 7.75. The van der Waals surface area contributed by atoms with Crippen LogP contribution in [0.15, 0.2) is 24.3 Å². The molecule has 1 unspecified atom stereocenters. The number of likely N-dealkylation sites (tertiary alicyclic amines) is 1. The number of hydrogen-bond acceptors (Lipinski definition) is 4. The van der Waals surface area contributed by atoms with Crippen LogP contribution in [-0.4, -0.2) is 43.6 Å². The zero-order valence-corrected chi connectivity index (χ0v) is 16.0. The van der Waals surface area contributed by atoms with Gasteiger partial charge in [-0.3, -0.25) is 9.69 Å². The fourth-order valence-corrected chi connectivity index (χ4v) is 4.35. The van der Waals surface area contributed by atoms with Crippen LogP contribution in [0, 0.1) is 5.92 Å². The van der Waals surface area contributed by atoms with Crippen molar-refractivity contribution in [3.63, 3.8) is 0 Å². The molecule has 3 atom stereocenters. The molecule has 0 spiro atoms. The molecule has 5 nitrogen and oxygen atoms in total. The third kappa shape index (κ3) is 4.98. The first-order valence-corrected chi connectivity index (χ1v) is 10.1. The Balaban J connectivity index is 1.61. The lowest BCUT2D eigenvalue weighted by Gasteiger charge is -2.35. The molecule has 0 bridgehead atoms. The Morgan fingerprint density at radius 3 is 2.54 bits per heavy atom. The van der Waals surface area contributed by atoms with Gasteiger partial charge in [-0.25, -0.2) is 0 Å². The van der Waals surface area contributed by atoms with Crippen LogP contribution in [0.2, 0.25) is 0 Å². The molecule has 1 aromatic carbocycles. The van der Waals surface area contributed by atoms with Gasteiger partial charge in [-0.15, -0.1) is 0 Å². The van der Waals surface area contributed by atoms with Crippen molar-refractivity contribution in [2.75, 3.05) is 26.7 Å². The summed E-state index contributed by atoms with van der Waals surface area (Å²) in [6, 6.07) is 8.67. The lowest BCUT2D eigenvalue weighted by atomic mass is 9.99. The summed E-state index contributed by atoms with van der Waals surface area (Å²) in [5, 5.41) is 3.19. The second-order valence-corrected chi connectivity index (χ2v) is 7.75. The molecule has 1 saturated carbocycles. The number of nitrogens with one attached hydrogen (secondary N) is 1. The van der Waals surface area contributed by atoms with Crippen LogP contribution < -0.4 is 15.8 Å². The maximum atomic E-state index is 12.5. The van der Waals surface area contributed by atoms with Gasteiger partial charge < -0.3 is 15.8 Å². The van der Waals surface area contributed by atoms with Crippen molar-refractivity contribution in [3.8, 4) is 5.75 Å². The first-order valence-electron chi connectivity index (χ1n) is 10.1. The van der Waals surface area contributed by atoms with Crippen LogP contribution in [0.4, 0.5) is 0 Å². The van der Waals surface area contributed by atoms with E-state index in [1.54, 1.807) is 7.11 Å². The molecule has 26 heavy (non-hydrogen) atoms. The molecule has 1 heterocycles. The third-order valence-corrected chi connectivity index (χ3v) is 5.99. The van der Waals surface area contributed by atoms with Gasteiger partial charge in [0.05, 0.1) is 13.2 Å². The summed E-state index contributed by atoms with van der Waals surface area (Å²) in [7, 11) is 1.69. The number of rotatable bonds is 7. The molecule has 1 aliphatic heterocycles. The Morgan fingerprint density at radius 1 is 1.19 bits per heavy atom. The van der Waals surface area contributed by atoms with E-state index in [0.29, 0.717) is 18.9 Å². The number of carbonyl (C=O) groups is 1. The molecule has 1 aliphatic carbocycles. The number of nitrogens with zero attached hydrogens (tertiary/aromatic N) is 1. The standard InChI is InChI=1S/C21H33N3O2/c1-26-18-10-8-16(9-11-18)20(24-12-3-2-4-13-24)15-23-21(25)14-17-6-5-7-19(17)22/h8-11,17,19-20H,2-7,12-15,22H2,1H3,(H,23,25)/t17-,19+,20?/m0/s1. The normalized spacial score (nSPS) is 25.0. The van der Waals surface area contributed by atoms with Crippen molar-refractivity contribution < 1.29 is 9.53 Å². The number of hydrogen-bond donors (Lipinski definition) is 2. The highest BCUT2D eigenvalue weighted by Gasteiger charge is 2.27. The molecule has 0 aromatic heterocycles. The predicted molar refractivity (Wildman–Crippen MR) is 104 cm³/mol. The van der Waals surface area contributed by atoms with E-state index in [1.165, 1.54) is 24.8 Å². The van der Waals surface area contributed by atoms with E-state index in [1.807, 2.05) is 12.1 Å². The van der Waals surface area contributed by atoms with E-state index < -0.39 is 0 Å². The van der Waals surface area contributed by atoms with E-state index in [2.05, 4.69) is 22.3 Å². The fraction of sp³-hybridized carbons (Fsp3) is 0.667. The van der Waals surface area contributed by atoms with Crippen LogP contribution in [0.1, 0.15) is 56.6 Å². The molecule has 1 amide bonds. The van der Waals surface area contributed by atoms with Gasteiger partial charge in [0, 0.05) is 19.0 Å². The number of amides is 1. The number of methoxy groups -OCH3 is 1. The highest BCUT2D eigenvalue weighted by Crippen LogP contribution is 2.28. The molecule has 1 aromatic rings. The maximum absolute atomic E-state index is 12.5. The summed E-state index contributed by atoms with van der Waals surface area (Å²) in [5.74, 6) is 1.36. The van der Waals surface area contributed by atoms with E-state index in [0.717, 1.165) is 38.1 Å². The van der Waals surface area contributed by atoms with E-state index in [4.69, 9.17) is 10.5 Å². The Hall–Kier alpha value is -1.59. The minimum Gasteiger partial charge on any atom is -0.497 e. The minimum absolute atomic E-state index is 0.142. The van der Waals surface area contributed by atoms with Crippen molar-refractivity contribution in [1.82, 2.24) is 10.2 Å². The number of piperidine rings is 1. The molecular weight excluding hydrogens is 326 g/mol. The molecule has 3 rings (SSSR count). The zero-order chi connectivity index (χ0) is 18.4. The Kier molecular flexibility index (Phi) is 6.92. The summed E-state index contributed by atoms with van der Waals surface area (Å²) in [5.41, 5.74) is 7.36. The Morgan fingerprint density at radius 2 is 1.92 bits per heavy atom. The van der Waals surface area contributed by atoms with E-state index in [9.17, 15) is 4.79 Å². The van der Waals surface area contributed by atoms with Crippen LogP contribution in [0.3, 0.4) is 0 Å². The summed E-state index contributed by atoms with van der Waals surface area (Å²) in [4.78, 5) is 15.0. The van der Waals surface area contributed by atoms with Gasteiger partial charge in [0.15, 0.2) is 0 Å². The average molecular weight is 360 g/mol. The van der Waals surface area contributed by atoms with Crippen LogP contribution in [-0.2, 0) is 4.79 Å². The zero-order valence-electron chi connectivity index (χ0n) is 16.0. The van der Waals surface area contributed by atoms with E-state index >= 15 is 0 Å². The monoisotopic (exact) mass is 359 g/mol. The van der Waals surface area contributed by atoms with Crippen LogP contribution in [0.5, 0.6) is 5.75 Å². The molecule has 2 aliphatic rings. The fourth-order valence-electron chi connectivity index (χ4n) is 4.35. The van der Waals surface area contributed by atoms with Gasteiger partial charge in [0.25, 0.3) is 0 Å². The number of nitrogens with two attached hydrogens (primary N) is 1. The van der Waals surface area contributed by atoms with Gasteiger partial charge >= 0.3 is 0 Å². The molecular formula is C21H33N3O2. The second kappa shape index (κ2) is 9.38. The molecule has 5 heteroatoms. The first kappa shape index (κ1) is 19.2. The topological polar surface area (TPSA) is 67.6 Å². The van der Waals surface area contributed by atoms with Crippen molar-refractivity contribution >= 4 is 5.91 Å². The summed E-state index contributed by atoms with van der Waals surface area (Å²) < 4.78 is 5.28. The Bertz CT molecular complexity index is 569. The smallest absolute Gasteiger partial charge is 0.220 e. The average Bonchev–Trinajstić information content (AvgIpc) is 3.08. The van der Waals surface area contributed by atoms with Gasteiger partial charge in [0.1, 0.15) is 5.75 Å². The van der Waals surface area contributed by atoms with Gasteiger partial charge in [-0.1, -0.05) is 25.0 Å². The third-order valence-electron chi connectivity index (χ3n) is 5.99. The van der Waals surface area contributed by atoms with Crippen molar-refractivity contribution in [1.29, 1.82) is 0 Å². The van der Waals surface area contributed by atoms with Crippen molar-refractivity contribution in [2.24, 2.45) is 11.7 Å². The Labute approximate surface area is 157 Å². The summed E-state index contributed by atoms with van der Waals surface area (Å²) >= 11 is 0. The van der Waals surface area contributed by atoms with Gasteiger partial charge in [-0.2, -0.15) is 0 Å². The predicted octanol–water partition coefficient (Wildman–Crippen LogP) is 2.86. The minimum atomic E-state index is 0.142. The lowest BCUT2D eigenvalue weighted by Crippen LogP contribution is -2.41. The molecule has 3 N–H and O–H groups in total. The summed E-state index contributed by atoms with van der Waals surface area (Å²) in [6.45, 7) is 2.85. The molecule has 2 fully saturated rings. The quantitative estimate of drug-likeness (QED) is 0.785. The molecule has 144 valence electrons. The van der Waals surface area contributed by atoms with Crippen molar-refractivity contribution in [2.45, 2.75) is 57.0 Å². The highest BCUT2D eigenvalue weighted by atomic mass is 16.5. The van der Waals surface area contributed by atoms with Crippen LogP contribution >= 0.6 is 0 Å². The van der Waals surface area contributed by atoms with Gasteiger partial charge in [-0.05, 0) is 62.4 Å². The first-order chi connectivity index (χ1) is 12.7. The number of benzene rings is 1. The maximum Gasteiger partial charge on any atom is 0.220 e. The molecule has 1 saturated heterocycles. The lowest BCUT2D eigenvalue weighted by molar-refractivity contribution is -0.122. The number of ether oxygens (including phenoxy) is 1. The molecule has 0 radical (unpaired) electrons. The van der Waals surface area contributed by atoms with Crippen LogP contribution in [0.25, 0.3) is 0 Å². The van der Waals surface area contributed by atoms with Crippen molar-refractivity contribution in [3.05, 3.63) is 29.8 Å². The summed E-state index contributed by atoms with van der Waals surface area (Å²) in [6.07, 6.45) is 7.63. The highest BCUT2D eigenvalue weighted by molar-refractivity contribution is 5.76. The largest absolute Gasteiger partial charge is 0.497 e. The van der Waals surface area contributed by atoms with E-state index in [-0.39, 0.29) is 18.0 Å². The van der Waals surface area contributed by atoms with Gasteiger partial charge in [0.2, 0.25) is 5.91 Å².